The molecule has 1 N–H and O–H groups in total. The average Bonchev–Trinajstić information content (AvgIpc) is 2.17. The molecular formula is C10H20N2O. The second-order valence-electron chi connectivity index (χ2n) is 4.35. The lowest BCUT2D eigenvalue weighted by molar-refractivity contribution is -0.0480. The number of piperidine rings is 1. The van der Waals surface area contributed by atoms with Crippen LogP contribution >= 0.6 is 0 Å². The van der Waals surface area contributed by atoms with Crippen LogP contribution in [0.4, 0.5) is 0 Å². The maximum absolute atomic E-state index is 5.72. The van der Waals surface area contributed by atoms with E-state index in [4.69, 9.17) is 4.74 Å². The van der Waals surface area contributed by atoms with Crippen molar-refractivity contribution >= 4 is 0 Å². The van der Waals surface area contributed by atoms with Crippen LogP contribution in [0.1, 0.15) is 20.3 Å². The molecule has 0 amide bonds. The number of nitrogens with one attached hydrogen (secondary N) is 1. The van der Waals surface area contributed by atoms with E-state index in [1.165, 1.54) is 13.0 Å². The van der Waals surface area contributed by atoms with Gasteiger partial charge in [-0.1, -0.05) is 0 Å². The van der Waals surface area contributed by atoms with Gasteiger partial charge in [-0.25, -0.2) is 0 Å². The third kappa shape index (κ3) is 2.03. The molecule has 76 valence electrons. The molecule has 3 nitrogen and oxygen atoms in total. The van der Waals surface area contributed by atoms with E-state index in [2.05, 4.69) is 24.1 Å². The largest absolute Gasteiger partial charge is 0.375 e. The van der Waals surface area contributed by atoms with Crippen molar-refractivity contribution < 1.29 is 4.74 Å². The molecule has 3 heteroatoms. The molecule has 2 aliphatic heterocycles. The molecule has 2 rings (SSSR count). The second-order valence-corrected chi connectivity index (χ2v) is 4.35. The Bertz CT molecular complexity index is 172. The Hall–Kier alpha value is -0.120. The topological polar surface area (TPSA) is 24.5 Å². The summed E-state index contributed by atoms with van der Waals surface area (Å²) in [6.07, 6.45) is 1.67. The highest BCUT2D eigenvalue weighted by Crippen LogP contribution is 2.18. The number of ether oxygens (including phenoxy) is 1. The van der Waals surface area contributed by atoms with Gasteiger partial charge in [0, 0.05) is 31.7 Å². The van der Waals surface area contributed by atoms with Crippen molar-refractivity contribution in [2.75, 3.05) is 26.2 Å². The molecule has 0 saturated carbocycles. The number of likely N-dealkylation sites (tertiary alicyclic amines) is 1. The van der Waals surface area contributed by atoms with E-state index in [9.17, 15) is 0 Å². The van der Waals surface area contributed by atoms with Crippen LogP contribution in [0, 0.1) is 0 Å². The summed E-state index contributed by atoms with van der Waals surface area (Å²) in [5, 5.41) is 3.54. The predicted octanol–water partition coefficient (Wildman–Crippen LogP) is 0.457. The third-order valence-electron chi connectivity index (χ3n) is 3.15. The van der Waals surface area contributed by atoms with E-state index in [1.54, 1.807) is 0 Å². The average molecular weight is 184 g/mol. The van der Waals surface area contributed by atoms with Gasteiger partial charge in [0.2, 0.25) is 0 Å². The van der Waals surface area contributed by atoms with Crippen molar-refractivity contribution in [1.29, 1.82) is 0 Å². The molecule has 0 aromatic rings. The zero-order valence-corrected chi connectivity index (χ0v) is 8.62. The van der Waals surface area contributed by atoms with Crippen LogP contribution in [0.2, 0.25) is 0 Å². The summed E-state index contributed by atoms with van der Waals surface area (Å²) in [7, 11) is 0. The molecule has 2 heterocycles. The molecule has 0 aromatic carbocycles. The molecule has 0 spiro atoms. The summed E-state index contributed by atoms with van der Waals surface area (Å²) in [5.74, 6) is 0. The zero-order valence-electron chi connectivity index (χ0n) is 8.62. The van der Waals surface area contributed by atoms with Gasteiger partial charge < -0.3 is 10.1 Å². The van der Waals surface area contributed by atoms with Crippen LogP contribution in [0.3, 0.4) is 0 Å². The first-order valence-corrected chi connectivity index (χ1v) is 5.36. The maximum atomic E-state index is 5.72. The summed E-state index contributed by atoms with van der Waals surface area (Å²) >= 11 is 0. The number of morpholine rings is 1. The van der Waals surface area contributed by atoms with Crippen molar-refractivity contribution in [3.8, 4) is 0 Å². The Morgan fingerprint density at radius 2 is 2.31 bits per heavy atom. The molecular weight excluding hydrogens is 164 g/mol. The number of nitrogens with zero attached hydrogens (tertiary/aromatic N) is 1. The van der Waals surface area contributed by atoms with E-state index in [-0.39, 0.29) is 0 Å². The van der Waals surface area contributed by atoms with Crippen molar-refractivity contribution in [1.82, 2.24) is 10.2 Å². The lowest BCUT2D eigenvalue weighted by Gasteiger charge is -2.43. The first-order valence-electron chi connectivity index (χ1n) is 5.36. The summed E-state index contributed by atoms with van der Waals surface area (Å²) in [5.41, 5.74) is 0. The van der Waals surface area contributed by atoms with E-state index in [0.717, 1.165) is 19.7 Å². The molecule has 0 bridgehead atoms. The second kappa shape index (κ2) is 3.95. The minimum Gasteiger partial charge on any atom is -0.375 e. The van der Waals surface area contributed by atoms with Crippen LogP contribution in [-0.2, 0) is 4.74 Å². The van der Waals surface area contributed by atoms with Gasteiger partial charge in [0.15, 0.2) is 0 Å². The maximum Gasteiger partial charge on any atom is 0.0753 e. The van der Waals surface area contributed by atoms with Crippen molar-refractivity contribution in [2.24, 2.45) is 0 Å². The summed E-state index contributed by atoms with van der Waals surface area (Å²) in [6.45, 7) is 8.80. The zero-order chi connectivity index (χ0) is 9.26. The Morgan fingerprint density at radius 3 is 3.08 bits per heavy atom. The van der Waals surface area contributed by atoms with Crippen molar-refractivity contribution in [3.63, 3.8) is 0 Å². The van der Waals surface area contributed by atoms with Gasteiger partial charge in [0.1, 0.15) is 0 Å². The Labute approximate surface area is 80.4 Å². The molecule has 2 unspecified atom stereocenters. The molecule has 13 heavy (non-hydrogen) atoms. The SMILES string of the molecule is CC(C)N1CCC2OCCNC2C1. The number of fused-ring (bicyclic) bond motifs is 1. The summed E-state index contributed by atoms with van der Waals surface area (Å²) in [4.78, 5) is 2.53. The number of hydrogen-bond donors (Lipinski definition) is 1. The quantitative estimate of drug-likeness (QED) is 0.640. The van der Waals surface area contributed by atoms with Crippen LogP contribution in [-0.4, -0.2) is 49.3 Å². The molecule has 0 radical (unpaired) electrons. The number of hydrogen-bond acceptors (Lipinski definition) is 3. The van der Waals surface area contributed by atoms with Crippen LogP contribution < -0.4 is 5.32 Å². The third-order valence-corrected chi connectivity index (χ3v) is 3.15. The first-order chi connectivity index (χ1) is 6.27. The van der Waals surface area contributed by atoms with E-state index in [1.807, 2.05) is 0 Å². The summed E-state index contributed by atoms with van der Waals surface area (Å²) in [6, 6.07) is 1.24. The molecule has 2 aliphatic rings. The highest BCUT2D eigenvalue weighted by Gasteiger charge is 2.32. The van der Waals surface area contributed by atoms with Gasteiger partial charge in [0.05, 0.1) is 12.7 Å². The van der Waals surface area contributed by atoms with Crippen molar-refractivity contribution in [3.05, 3.63) is 0 Å². The number of rotatable bonds is 1. The van der Waals surface area contributed by atoms with E-state index in [0.29, 0.717) is 18.2 Å². The van der Waals surface area contributed by atoms with Gasteiger partial charge >= 0.3 is 0 Å². The van der Waals surface area contributed by atoms with Crippen LogP contribution in [0.25, 0.3) is 0 Å². The Morgan fingerprint density at radius 1 is 1.46 bits per heavy atom. The fraction of sp³-hybridized carbons (Fsp3) is 1.00. The fourth-order valence-corrected chi connectivity index (χ4v) is 2.27. The molecule has 2 fully saturated rings. The minimum atomic E-state index is 0.476. The van der Waals surface area contributed by atoms with Crippen LogP contribution in [0.15, 0.2) is 0 Å². The Kier molecular flexibility index (Phi) is 2.86. The van der Waals surface area contributed by atoms with Gasteiger partial charge in [-0.3, -0.25) is 4.90 Å². The minimum absolute atomic E-state index is 0.476. The van der Waals surface area contributed by atoms with Crippen molar-refractivity contribution in [2.45, 2.75) is 38.5 Å². The standard InChI is InChI=1S/C10H20N2O/c1-8(2)12-5-3-10-9(7-12)11-4-6-13-10/h8-11H,3-7H2,1-2H3. The lowest BCUT2D eigenvalue weighted by atomic mass is 9.99. The Balaban J connectivity index is 1.91. The van der Waals surface area contributed by atoms with Gasteiger partial charge in [0.25, 0.3) is 0 Å². The molecule has 2 saturated heterocycles. The van der Waals surface area contributed by atoms with E-state index < -0.39 is 0 Å². The highest BCUT2D eigenvalue weighted by atomic mass is 16.5. The van der Waals surface area contributed by atoms with Gasteiger partial charge in [-0.2, -0.15) is 0 Å². The first kappa shape index (κ1) is 9.44. The monoisotopic (exact) mass is 184 g/mol. The summed E-state index contributed by atoms with van der Waals surface area (Å²) < 4.78 is 5.72. The van der Waals surface area contributed by atoms with E-state index >= 15 is 0 Å². The molecule has 0 aliphatic carbocycles. The molecule has 2 atom stereocenters. The molecule has 0 aromatic heterocycles. The lowest BCUT2D eigenvalue weighted by Crippen LogP contribution is -2.59. The van der Waals surface area contributed by atoms with Gasteiger partial charge in [-0.05, 0) is 20.3 Å². The van der Waals surface area contributed by atoms with Crippen LogP contribution in [0.5, 0.6) is 0 Å². The smallest absolute Gasteiger partial charge is 0.0753 e. The normalized spacial score (nSPS) is 36.2. The fourth-order valence-electron chi connectivity index (χ4n) is 2.27. The highest BCUT2D eigenvalue weighted by molar-refractivity contribution is 4.89. The predicted molar refractivity (Wildman–Crippen MR) is 52.9 cm³/mol. The van der Waals surface area contributed by atoms with Gasteiger partial charge in [-0.15, -0.1) is 0 Å².